The summed E-state index contributed by atoms with van der Waals surface area (Å²) in [6, 6.07) is 18.5. The van der Waals surface area contributed by atoms with Gasteiger partial charge < -0.3 is 4.74 Å². The topological polar surface area (TPSA) is 113 Å². The minimum Gasteiger partial charge on any atom is -0.458 e. The summed E-state index contributed by atoms with van der Waals surface area (Å²) < 4.78 is 5.36. The first-order valence-corrected chi connectivity index (χ1v) is 8.73. The molecule has 3 aromatic carbocycles. The van der Waals surface area contributed by atoms with E-state index in [2.05, 4.69) is 0 Å². The van der Waals surface area contributed by atoms with E-state index in [-0.39, 0.29) is 12.0 Å². The Morgan fingerprint density at radius 3 is 1.97 bits per heavy atom. The van der Waals surface area contributed by atoms with Crippen LogP contribution >= 0.6 is 0 Å². The molecule has 0 saturated carbocycles. The van der Waals surface area contributed by atoms with Gasteiger partial charge in [0.05, 0.1) is 27.4 Å². The Kier molecular flexibility index (Phi) is 4.52. The van der Waals surface area contributed by atoms with Crippen LogP contribution in [0.5, 0.6) is 0 Å². The second kappa shape index (κ2) is 7.16. The number of non-ortho nitro benzene ring substituents is 1. The number of fused-ring (bicyclic) bond motifs is 3. The highest BCUT2D eigenvalue weighted by atomic mass is 16.6. The van der Waals surface area contributed by atoms with Crippen molar-refractivity contribution in [3.63, 3.8) is 0 Å². The second-order valence-electron chi connectivity index (χ2n) is 6.56. The number of carbonyl (C=O) groups is 1. The molecular weight excluding hydrogens is 376 g/mol. The normalized spacial score (nSPS) is 13.2. The molecule has 4 rings (SSSR count). The van der Waals surface area contributed by atoms with Crippen molar-refractivity contribution in [3.05, 3.63) is 104 Å². The number of rotatable bonds is 6. The monoisotopic (exact) mass is 390 g/mol. The number of hydrogen-bond acceptors (Lipinski definition) is 6. The zero-order valence-electron chi connectivity index (χ0n) is 14.9. The fourth-order valence-corrected chi connectivity index (χ4v) is 3.96. The molecule has 1 unspecified atom stereocenters. The van der Waals surface area contributed by atoms with Gasteiger partial charge in [0.2, 0.25) is 0 Å². The van der Waals surface area contributed by atoms with Gasteiger partial charge in [-0.1, -0.05) is 48.5 Å². The van der Waals surface area contributed by atoms with Crippen LogP contribution in [0.4, 0.5) is 11.4 Å². The molecule has 0 saturated heterocycles. The fourth-order valence-electron chi connectivity index (χ4n) is 3.96. The van der Waals surface area contributed by atoms with E-state index in [0.29, 0.717) is 0 Å². The van der Waals surface area contributed by atoms with Crippen molar-refractivity contribution in [2.24, 2.45) is 0 Å². The average molecular weight is 390 g/mol. The molecule has 0 amide bonds. The summed E-state index contributed by atoms with van der Waals surface area (Å²) in [5.41, 5.74) is 2.88. The zero-order valence-corrected chi connectivity index (χ0v) is 14.9. The van der Waals surface area contributed by atoms with E-state index < -0.39 is 33.2 Å². The Labute approximate surface area is 164 Å². The summed E-state index contributed by atoms with van der Waals surface area (Å²) in [5.74, 6) is -0.479. The van der Waals surface area contributed by atoms with Crippen LogP contribution in [0.15, 0.2) is 66.7 Å². The van der Waals surface area contributed by atoms with E-state index in [0.717, 1.165) is 28.3 Å². The molecule has 8 heteroatoms. The van der Waals surface area contributed by atoms with Gasteiger partial charge in [-0.3, -0.25) is 25.0 Å². The first-order valence-electron chi connectivity index (χ1n) is 8.73. The van der Waals surface area contributed by atoms with Crippen molar-refractivity contribution in [1.29, 1.82) is 0 Å². The summed E-state index contributed by atoms with van der Waals surface area (Å²) in [7, 11) is 0. The lowest BCUT2D eigenvalue weighted by atomic mass is 9.86. The molecule has 3 aromatic rings. The van der Waals surface area contributed by atoms with Crippen molar-refractivity contribution in [2.75, 3.05) is 0 Å². The standard InChI is InChI=1S/C21H14N2O6/c24-12-29-21(18-10-9-13(22(25)26)11-19(18)23(27)28)20-16-7-3-1-5-14(16)15-6-2-4-8-17(15)20/h1-12,20-21H. The molecule has 0 radical (unpaired) electrons. The summed E-state index contributed by atoms with van der Waals surface area (Å²) in [4.78, 5) is 32.6. The maximum Gasteiger partial charge on any atom is 0.293 e. The molecule has 1 atom stereocenters. The molecule has 8 nitrogen and oxygen atoms in total. The first-order chi connectivity index (χ1) is 14.0. The molecule has 0 fully saturated rings. The van der Waals surface area contributed by atoms with Gasteiger partial charge in [0.25, 0.3) is 17.8 Å². The third kappa shape index (κ3) is 3.00. The van der Waals surface area contributed by atoms with E-state index in [1.165, 1.54) is 12.1 Å². The molecule has 0 bridgehead atoms. The van der Waals surface area contributed by atoms with Gasteiger partial charge in [0, 0.05) is 6.07 Å². The molecule has 0 N–H and O–H groups in total. The lowest BCUT2D eigenvalue weighted by molar-refractivity contribution is -0.394. The SMILES string of the molecule is O=COC(c1ccc([N+](=O)[O-])cc1[N+](=O)[O-])C1c2ccccc2-c2ccccc21. The lowest BCUT2D eigenvalue weighted by Gasteiger charge is -2.24. The van der Waals surface area contributed by atoms with Gasteiger partial charge in [-0.05, 0) is 28.3 Å². The second-order valence-corrected chi connectivity index (χ2v) is 6.56. The number of hydrogen-bond donors (Lipinski definition) is 0. The van der Waals surface area contributed by atoms with E-state index in [4.69, 9.17) is 4.74 Å². The van der Waals surface area contributed by atoms with Gasteiger partial charge in [0.15, 0.2) is 0 Å². The highest BCUT2D eigenvalue weighted by Crippen LogP contribution is 2.52. The fraction of sp³-hybridized carbons (Fsp3) is 0.0952. The molecule has 29 heavy (non-hydrogen) atoms. The number of nitro groups is 2. The first kappa shape index (κ1) is 18.3. The van der Waals surface area contributed by atoms with Gasteiger partial charge in [-0.2, -0.15) is 0 Å². The van der Waals surface area contributed by atoms with E-state index in [1.807, 2.05) is 48.5 Å². The molecule has 0 aromatic heterocycles. The molecule has 0 spiro atoms. The Morgan fingerprint density at radius 1 is 0.862 bits per heavy atom. The van der Waals surface area contributed by atoms with Gasteiger partial charge in [-0.15, -0.1) is 0 Å². The van der Waals surface area contributed by atoms with Gasteiger partial charge >= 0.3 is 0 Å². The van der Waals surface area contributed by atoms with Crippen LogP contribution in [0, 0.1) is 20.2 Å². The molecule has 144 valence electrons. The van der Waals surface area contributed by atoms with E-state index >= 15 is 0 Å². The molecule has 0 aliphatic heterocycles. The van der Waals surface area contributed by atoms with Crippen LogP contribution in [0.25, 0.3) is 11.1 Å². The van der Waals surface area contributed by atoms with Crippen LogP contribution < -0.4 is 0 Å². The molecule has 0 heterocycles. The third-order valence-electron chi connectivity index (χ3n) is 5.11. The summed E-state index contributed by atoms with van der Waals surface area (Å²) >= 11 is 0. The molecule has 1 aliphatic carbocycles. The predicted octanol–water partition coefficient (Wildman–Crippen LogP) is 4.53. The van der Waals surface area contributed by atoms with Crippen LogP contribution in [0.2, 0.25) is 0 Å². The Balaban J connectivity index is 1.94. The van der Waals surface area contributed by atoms with Crippen LogP contribution in [-0.2, 0) is 9.53 Å². The van der Waals surface area contributed by atoms with E-state index in [1.54, 1.807) is 0 Å². The number of ether oxygens (including phenoxy) is 1. The molecule has 1 aliphatic rings. The van der Waals surface area contributed by atoms with Crippen molar-refractivity contribution < 1.29 is 19.4 Å². The van der Waals surface area contributed by atoms with Crippen LogP contribution in [0.3, 0.4) is 0 Å². The highest BCUT2D eigenvalue weighted by Gasteiger charge is 2.39. The van der Waals surface area contributed by atoms with Crippen molar-refractivity contribution in [3.8, 4) is 11.1 Å². The minimum absolute atomic E-state index is 0.101. The number of carbonyl (C=O) groups excluding carboxylic acids is 1. The molecular formula is C21H14N2O6. The Morgan fingerprint density at radius 2 is 1.45 bits per heavy atom. The number of nitro benzene ring substituents is 2. The smallest absolute Gasteiger partial charge is 0.293 e. The Bertz CT molecular complexity index is 1100. The van der Waals surface area contributed by atoms with Crippen LogP contribution in [-0.4, -0.2) is 16.3 Å². The Hall–Kier alpha value is -4.07. The zero-order chi connectivity index (χ0) is 20.5. The minimum atomic E-state index is -1.02. The van der Waals surface area contributed by atoms with Gasteiger partial charge in [0.1, 0.15) is 6.10 Å². The van der Waals surface area contributed by atoms with Crippen LogP contribution in [0.1, 0.15) is 28.7 Å². The summed E-state index contributed by atoms with van der Waals surface area (Å²) in [6.45, 7) is 0.249. The van der Waals surface area contributed by atoms with Gasteiger partial charge in [-0.25, -0.2) is 0 Å². The quantitative estimate of drug-likeness (QED) is 0.347. The maximum absolute atomic E-state index is 11.7. The summed E-state index contributed by atoms with van der Waals surface area (Å²) in [5, 5.41) is 22.7. The highest BCUT2D eigenvalue weighted by molar-refractivity contribution is 5.79. The van der Waals surface area contributed by atoms with Crippen molar-refractivity contribution >= 4 is 17.8 Å². The number of nitrogens with zero attached hydrogens (tertiary/aromatic N) is 2. The maximum atomic E-state index is 11.7. The largest absolute Gasteiger partial charge is 0.458 e. The lowest BCUT2D eigenvalue weighted by Crippen LogP contribution is -2.15. The number of benzene rings is 3. The predicted molar refractivity (Wildman–Crippen MR) is 103 cm³/mol. The average Bonchev–Trinajstić information content (AvgIpc) is 3.06. The van der Waals surface area contributed by atoms with Crippen molar-refractivity contribution in [1.82, 2.24) is 0 Å². The van der Waals surface area contributed by atoms with Crippen molar-refractivity contribution in [2.45, 2.75) is 12.0 Å². The summed E-state index contributed by atoms with van der Waals surface area (Å²) in [6.07, 6.45) is -1.02. The van der Waals surface area contributed by atoms with E-state index in [9.17, 15) is 25.0 Å². The third-order valence-corrected chi connectivity index (χ3v) is 5.11.